The third-order valence-corrected chi connectivity index (χ3v) is 2.44. The van der Waals surface area contributed by atoms with Gasteiger partial charge in [-0.15, -0.1) is 5.73 Å². The summed E-state index contributed by atoms with van der Waals surface area (Å²) in [6.07, 6.45) is 12.5. The van der Waals surface area contributed by atoms with Gasteiger partial charge in [0.2, 0.25) is 0 Å². The van der Waals surface area contributed by atoms with Gasteiger partial charge in [0.05, 0.1) is 0 Å². The Balaban J connectivity index is 0. The van der Waals surface area contributed by atoms with Gasteiger partial charge in [-0.1, -0.05) is 58.8 Å². The summed E-state index contributed by atoms with van der Waals surface area (Å²) in [5.41, 5.74) is 2.79. The van der Waals surface area contributed by atoms with Crippen LogP contribution in [0.2, 0.25) is 0 Å². The van der Waals surface area contributed by atoms with Crippen LogP contribution in [0.1, 0.15) is 59.8 Å². The van der Waals surface area contributed by atoms with E-state index in [-0.39, 0.29) is 0 Å². The lowest BCUT2D eigenvalue weighted by Gasteiger charge is -2.06. The van der Waals surface area contributed by atoms with Crippen molar-refractivity contribution in [3.63, 3.8) is 0 Å². The lowest BCUT2D eigenvalue weighted by molar-refractivity contribution is 0.500. The molecule has 0 amide bonds. The molecule has 0 spiro atoms. The van der Waals surface area contributed by atoms with Crippen molar-refractivity contribution in [2.45, 2.75) is 59.8 Å². The molecule has 0 aliphatic rings. The van der Waals surface area contributed by atoms with E-state index in [0.717, 1.165) is 12.3 Å². The smallest absolute Gasteiger partial charge is 0.0246 e. The monoisotopic (exact) mass is 208 g/mol. The SMILES string of the molecule is C/C=C/CCC.C=C=CCC(CC)CC. The van der Waals surface area contributed by atoms with Crippen molar-refractivity contribution < 1.29 is 0 Å². The predicted octanol–water partition coefficient (Wildman–Crippen LogP) is 5.52. The summed E-state index contributed by atoms with van der Waals surface area (Å²) in [5, 5.41) is 0. The maximum Gasteiger partial charge on any atom is -0.0246 e. The predicted molar refractivity (Wildman–Crippen MR) is 72.1 cm³/mol. The Morgan fingerprint density at radius 2 is 1.80 bits per heavy atom. The Morgan fingerprint density at radius 1 is 1.20 bits per heavy atom. The zero-order valence-corrected chi connectivity index (χ0v) is 11.1. The first-order chi connectivity index (χ1) is 7.26. The van der Waals surface area contributed by atoms with Crippen molar-refractivity contribution in [3.05, 3.63) is 30.5 Å². The standard InChI is InChI=1S/C9H16.C6H12/c1-4-7-8-9(5-2)6-3;1-3-5-6-4-2/h7,9H,1,5-6,8H2,2-3H3;3,5H,4,6H2,1-2H3/b;5-3+. The number of unbranched alkanes of at least 4 members (excludes halogenated alkanes) is 1. The number of hydrogen-bond acceptors (Lipinski definition) is 0. The maximum absolute atomic E-state index is 3.52. The number of rotatable bonds is 6. The summed E-state index contributed by atoms with van der Waals surface area (Å²) in [6, 6.07) is 0. The first-order valence-corrected chi connectivity index (χ1v) is 6.22. The lowest BCUT2D eigenvalue weighted by atomic mass is 10.00. The molecule has 88 valence electrons. The Kier molecular flexibility index (Phi) is 17.5. The molecule has 0 aliphatic carbocycles. The summed E-state index contributed by atoms with van der Waals surface area (Å²) in [4.78, 5) is 0. The van der Waals surface area contributed by atoms with Crippen LogP contribution in [0, 0.1) is 5.92 Å². The zero-order valence-electron chi connectivity index (χ0n) is 11.1. The van der Waals surface area contributed by atoms with E-state index in [9.17, 15) is 0 Å². The van der Waals surface area contributed by atoms with Crippen molar-refractivity contribution in [2.75, 3.05) is 0 Å². The average molecular weight is 208 g/mol. The normalized spacial score (nSPS) is 9.67. The highest BCUT2D eigenvalue weighted by Gasteiger charge is 1.97. The molecule has 0 radical (unpaired) electrons. The Labute approximate surface area is 96.8 Å². The molecule has 15 heavy (non-hydrogen) atoms. The molecule has 0 aromatic heterocycles. The van der Waals surface area contributed by atoms with E-state index in [4.69, 9.17) is 0 Å². The molecule has 0 unspecified atom stereocenters. The topological polar surface area (TPSA) is 0 Å². The van der Waals surface area contributed by atoms with E-state index in [1.807, 2.05) is 6.08 Å². The van der Waals surface area contributed by atoms with Crippen LogP contribution in [-0.4, -0.2) is 0 Å². The fourth-order valence-electron chi connectivity index (χ4n) is 1.21. The van der Waals surface area contributed by atoms with Crippen LogP contribution in [0.15, 0.2) is 30.5 Å². The van der Waals surface area contributed by atoms with Crippen molar-refractivity contribution in [2.24, 2.45) is 5.92 Å². The van der Waals surface area contributed by atoms with Gasteiger partial charge >= 0.3 is 0 Å². The molecule has 0 saturated carbocycles. The van der Waals surface area contributed by atoms with Crippen molar-refractivity contribution in [1.82, 2.24) is 0 Å². The first-order valence-electron chi connectivity index (χ1n) is 6.22. The van der Waals surface area contributed by atoms with Gasteiger partial charge in [0.1, 0.15) is 0 Å². The molecule has 0 fully saturated rings. The molecule has 0 nitrogen and oxygen atoms in total. The van der Waals surface area contributed by atoms with Crippen molar-refractivity contribution in [3.8, 4) is 0 Å². The lowest BCUT2D eigenvalue weighted by Crippen LogP contribution is -1.92. The third-order valence-electron chi connectivity index (χ3n) is 2.44. The van der Waals surface area contributed by atoms with Crippen LogP contribution in [0.5, 0.6) is 0 Å². The summed E-state index contributed by atoms with van der Waals surface area (Å²) < 4.78 is 0. The van der Waals surface area contributed by atoms with Crippen LogP contribution in [-0.2, 0) is 0 Å². The molecule has 0 aliphatic heterocycles. The maximum atomic E-state index is 3.52. The summed E-state index contributed by atoms with van der Waals surface area (Å²) in [5.74, 6) is 0.847. The second kappa shape index (κ2) is 15.7. The Morgan fingerprint density at radius 3 is 2.07 bits per heavy atom. The van der Waals surface area contributed by atoms with E-state index in [1.54, 1.807) is 0 Å². The van der Waals surface area contributed by atoms with Gasteiger partial charge in [0, 0.05) is 0 Å². The summed E-state index contributed by atoms with van der Waals surface area (Å²) in [6.45, 7) is 12.2. The molecule has 0 rings (SSSR count). The second-order valence-corrected chi connectivity index (χ2v) is 3.68. The first kappa shape index (κ1) is 16.7. The highest BCUT2D eigenvalue weighted by molar-refractivity contribution is 4.78. The number of allylic oxidation sites excluding steroid dienone is 3. The third kappa shape index (κ3) is 16.0. The quantitative estimate of drug-likeness (QED) is 0.398. The van der Waals surface area contributed by atoms with Crippen LogP contribution in [0.4, 0.5) is 0 Å². The van der Waals surface area contributed by atoms with Crippen molar-refractivity contribution >= 4 is 0 Å². The van der Waals surface area contributed by atoms with Crippen LogP contribution < -0.4 is 0 Å². The summed E-state index contributed by atoms with van der Waals surface area (Å²) >= 11 is 0. The van der Waals surface area contributed by atoms with Gasteiger partial charge in [-0.05, 0) is 31.8 Å². The van der Waals surface area contributed by atoms with Gasteiger partial charge in [-0.2, -0.15) is 0 Å². The van der Waals surface area contributed by atoms with Gasteiger partial charge in [-0.25, -0.2) is 0 Å². The Hall–Kier alpha value is -0.740. The van der Waals surface area contributed by atoms with Gasteiger partial charge < -0.3 is 0 Å². The van der Waals surface area contributed by atoms with E-state index >= 15 is 0 Å². The average Bonchev–Trinajstić information content (AvgIpc) is 2.29. The molecule has 0 bridgehead atoms. The number of hydrogen-bond donors (Lipinski definition) is 0. The van der Waals surface area contributed by atoms with Gasteiger partial charge in [0.15, 0.2) is 0 Å². The fourth-order valence-corrected chi connectivity index (χ4v) is 1.21. The largest absolute Gasteiger partial charge is 0.133 e. The van der Waals surface area contributed by atoms with Crippen LogP contribution >= 0.6 is 0 Å². The molecule has 0 atom stereocenters. The zero-order chi connectivity index (χ0) is 11.9. The fraction of sp³-hybridized carbons (Fsp3) is 0.667. The molecular weight excluding hydrogens is 180 g/mol. The molecule has 0 N–H and O–H groups in total. The van der Waals surface area contributed by atoms with E-state index in [0.29, 0.717) is 0 Å². The van der Waals surface area contributed by atoms with Crippen LogP contribution in [0.25, 0.3) is 0 Å². The highest BCUT2D eigenvalue weighted by Crippen LogP contribution is 2.11. The van der Waals surface area contributed by atoms with Gasteiger partial charge in [-0.3, -0.25) is 0 Å². The molecule has 0 aromatic rings. The summed E-state index contributed by atoms with van der Waals surface area (Å²) in [7, 11) is 0. The van der Waals surface area contributed by atoms with E-state index < -0.39 is 0 Å². The van der Waals surface area contributed by atoms with E-state index in [1.165, 1.54) is 25.7 Å². The molecule has 0 aromatic carbocycles. The van der Waals surface area contributed by atoms with E-state index in [2.05, 4.69) is 52.2 Å². The minimum absolute atomic E-state index is 0.847. The molecule has 0 heterocycles. The molecule has 0 heteroatoms. The molecular formula is C15H28. The Bertz CT molecular complexity index is 166. The highest BCUT2D eigenvalue weighted by atomic mass is 14.0. The van der Waals surface area contributed by atoms with Crippen molar-refractivity contribution in [1.29, 1.82) is 0 Å². The van der Waals surface area contributed by atoms with Gasteiger partial charge in [0.25, 0.3) is 0 Å². The molecule has 0 saturated heterocycles. The minimum atomic E-state index is 0.847. The minimum Gasteiger partial charge on any atom is -0.133 e. The second-order valence-electron chi connectivity index (χ2n) is 3.68. The van der Waals surface area contributed by atoms with Crippen LogP contribution in [0.3, 0.4) is 0 Å².